The second kappa shape index (κ2) is 5.78. The maximum Gasteiger partial charge on any atom is 0.127 e. The molecule has 0 fully saturated rings. The molecule has 1 unspecified atom stereocenters. The molecule has 0 radical (unpaired) electrons. The van der Waals surface area contributed by atoms with E-state index in [0.717, 1.165) is 40.1 Å². The van der Waals surface area contributed by atoms with Crippen LogP contribution in [0.3, 0.4) is 0 Å². The Bertz CT molecular complexity index is 640. The zero-order valence-corrected chi connectivity index (χ0v) is 14.2. The number of methoxy groups -OCH3 is 1. The third kappa shape index (κ3) is 2.59. The van der Waals surface area contributed by atoms with Gasteiger partial charge in [-0.2, -0.15) is 0 Å². The fourth-order valence-electron chi connectivity index (χ4n) is 2.46. The summed E-state index contributed by atoms with van der Waals surface area (Å²) in [5, 5.41) is 0. The van der Waals surface area contributed by atoms with Crippen molar-refractivity contribution >= 4 is 31.9 Å². The van der Waals surface area contributed by atoms with Crippen molar-refractivity contribution in [3.63, 3.8) is 0 Å². The Morgan fingerprint density at radius 1 is 1.25 bits per heavy atom. The monoisotopic (exact) mass is 396 g/mol. The van der Waals surface area contributed by atoms with Gasteiger partial charge in [0.1, 0.15) is 11.5 Å². The van der Waals surface area contributed by atoms with E-state index in [9.17, 15) is 0 Å². The lowest BCUT2D eigenvalue weighted by Gasteiger charge is -2.16. The minimum atomic E-state index is 0.0851. The lowest BCUT2D eigenvalue weighted by molar-refractivity contribution is 0.354. The standard InChI is InChI=1S/C16H14Br2O2/c1-19-13-4-2-3-10(8-13)15(18)14-9-12(17)7-11-5-6-20-16(11)14/h2-4,7-9,15H,5-6H2,1H3. The molecular formula is C16H14Br2O2. The Balaban J connectivity index is 2.04. The average molecular weight is 398 g/mol. The number of fused-ring (bicyclic) bond motifs is 1. The van der Waals surface area contributed by atoms with E-state index in [1.54, 1.807) is 7.11 Å². The fourth-order valence-corrected chi connectivity index (χ4v) is 3.61. The van der Waals surface area contributed by atoms with Crippen LogP contribution in [0, 0.1) is 0 Å². The molecule has 1 aliphatic rings. The highest BCUT2D eigenvalue weighted by molar-refractivity contribution is 9.10. The minimum absolute atomic E-state index is 0.0851. The van der Waals surface area contributed by atoms with Crippen molar-refractivity contribution in [3.05, 3.63) is 57.6 Å². The van der Waals surface area contributed by atoms with E-state index in [2.05, 4.69) is 50.1 Å². The largest absolute Gasteiger partial charge is 0.497 e. The van der Waals surface area contributed by atoms with Gasteiger partial charge in [-0.05, 0) is 35.4 Å². The lowest BCUT2D eigenvalue weighted by Crippen LogP contribution is -1.97. The molecule has 0 saturated heterocycles. The summed E-state index contributed by atoms with van der Waals surface area (Å²) in [5.41, 5.74) is 3.57. The van der Waals surface area contributed by atoms with E-state index in [1.807, 2.05) is 18.2 Å². The maximum absolute atomic E-state index is 5.80. The van der Waals surface area contributed by atoms with Crippen LogP contribution in [0.1, 0.15) is 21.5 Å². The van der Waals surface area contributed by atoms with Crippen molar-refractivity contribution in [1.29, 1.82) is 0 Å². The van der Waals surface area contributed by atoms with Gasteiger partial charge in [0.2, 0.25) is 0 Å². The molecule has 1 heterocycles. The van der Waals surface area contributed by atoms with Gasteiger partial charge in [0.05, 0.1) is 18.5 Å². The summed E-state index contributed by atoms with van der Waals surface area (Å²) in [6, 6.07) is 12.3. The van der Waals surface area contributed by atoms with Crippen LogP contribution in [0.2, 0.25) is 0 Å². The van der Waals surface area contributed by atoms with Crippen LogP contribution < -0.4 is 9.47 Å². The van der Waals surface area contributed by atoms with E-state index in [1.165, 1.54) is 5.56 Å². The van der Waals surface area contributed by atoms with Crippen LogP contribution in [0.5, 0.6) is 11.5 Å². The van der Waals surface area contributed by atoms with Crippen LogP contribution in [0.25, 0.3) is 0 Å². The highest BCUT2D eigenvalue weighted by Crippen LogP contribution is 2.42. The predicted octanol–water partition coefficient (Wildman–Crippen LogP) is 4.88. The molecule has 2 nitrogen and oxygen atoms in total. The topological polar surface area (TPSA) is 18.5 Å². The summed E-state index contributed by atoms with van der Waals surface area (Å²) in [4.78, 5) is 0.0851. The molecule has 0 bridgehead atoms. The number of ether oxygens (including phenoxy) is 2. The van der Waals surface area contributed by atoms with E-state index < -0.39 is 0 Å². The number of hydrogen-bond acceptors (Lipinski definition) is 2. The van der Waals surface area contributed by atoms with Crippen molar-refractivity contribution in [2.45, 2.75) is 11.2 Å². The Morgan fingerprint density at radius 3 is 2.90 bits per heavy atom. The van der Waals surface area contributed by atoms with Crippen LogP contribution in [-0.2, 0) is 6.42 Å². The third-order valence-corrected chi connectivity index (χ3v) is 4.92. The van der Waals surface area contributed by atoms with E-state index >= 15 is 0 Å². The highest BCUT2D eigenvalue weighted by Gasteiger charge is 2.23. The van der Waals surface area contributed by atoms with Crippen molar-refractivity contribution in [1.82, 2.24) is 0 Å². The van der Waals surface area contributed by atoms with Crippen molar-refractivity contribution < 1.29 is 9.47 Å². The first-order chi connectivity index (χ1) is 9.69. The third-order valence-electron chi connectivity index (χ3n) is 3.44. The summed E-state index contributed by atoms with van der Waals surface area (Å²) >= 11 is 7.37. The Hall–Kier alpha value is -1.00. The number of alkyl halides is 1. The SMILES string of the molecule is COc1cccc(C(Br)c2cc(Br)cc3c2OCC3)c1. The first-order valence-electron chi connectivity index (χ1n) is 6.42. The van der Waals surface area contributed by atoms with Crippen LogP contribution in [0.4, 0.5) is 0 Å². The van der Waals surface area contributed by atoms with Gasteiger partial charge in [0.15, 0.2) is 0 Å². The Kier molecular flexibility index (Phi) is 4.03. The molecule has 1 atom stereocenters. The first kappa shape index (κ1) is 14.0. The van der Waals surface area contributed by atoms with Gasteiger partial charge in [-0.1, -0.05) is 44.0 Å². The molecule has 4 heteroatoms. The molecule has 3 rings (SSSR count). The van der Waals surface area contributed by atoms with Crippen LogP contribution >= 0.6 is 31.9 Å². The van der Waals surface area contributed by atoms with Crippen LogP contribution in [-0.4, -0.2) is 13.7 Å². The minimum Gasteiger partial charge on any atom is -0.497 e. The van der Waals surface area contributed by atoms with Crippen molar-refractivity contribution in [3.8, 4) is 11.5 Å². The van der Waals surface area contributed by atoms with Gasteiger partial charge in [0.25, 0.3) is 0 Å². The molecular weight excluding hydrogens is 384 g/mol. The van der Waals surface area contributed by atoms with E-state index in [4.69, 9.17) is 9.47 Å². The van der Waals surface area contributed by atoms with Gasteiger partial charge >= 0.3 is 0 Å². The van der Waals surface area contributed by atoms with Gasteiger partial charge in [-0.25, -0.2) is 0 Å². The molecule has 0 spiro atoms. The average Bonchev–Trinajstić information content (AvgIpc) is 2.93. The quantitative estimate of drug-likeness (QED) is 0.687. The summed E-state index contributed by atoms with van der Waals surface area (Å²) in [7, 11) is 1.68. The number of halogens is 2. The fraction of sp³-hybridized carbons (Fsp3) is 0.250. The molecule has 0 saturated carbocycles. The molecule has 0 amide bonds. The molecule has 2 aromatic rings. The maximum atomic E-state index is 5.80. The van der Waals surface area contributed by atoms with Crippen molar-refractivity contribution in [2.75, 3.05) is 13.7 Å². The molecule has 1 aliphatic heterocycles. The van der Waals surface area contributed by atoms with Gasteiger partial charge in [-0.15, -0.1) is 0 Å². The van der Waals surface area contributed by atoms with E-state index in [0.29, 0.717) is 0 Å². The lowest BCUT2D eigenvalue weighted by atomic mass is 10.0. The Morgan fingerprint density at radius 2 is 2.10 bits per heavy atom. The molecule has 20 heavy (non-hydrogen) atoms. The zero-order valence-electron chi connectivity index (χ0n) is 11.0. The summed E-state index contributed by atoms with van der Waals surface area (Å²) in [6.45, 7) is 0.761. The second-order valence-electron chi connectivity index (χ2n) is 4.72. The molecule has 0 N–H and O–H groups in total. The van der Waals surface area contributed by atoms with Crippen LogP contribution in [0.15, 0.2) is 40.9 Å². The number of rotatable bonds is 3. The molecule has 104 valence electrons. The number of hydrogen-bond donors (Lipinski definition) is 0. The zero-order chi connectivity index (χ0) is 14.1. The molecule has 2 aromatic carbocycles. The summed E-state index contributed by atoms with van der Waals surface area (Å²) in [5.74, 6) is 1.87. The Labute approximate surface area is 135 Å². The summed E-state index contributed by atoms with van der Waals surface area (Å²) < 4.78 is 12.2. The predicted molar refractivity (Wildman–Crippen MR) is 87.1 cm³/mol. The van der Waals surface area contributed by atoms with Gasteiger partial charge in [0, 0.05) is 16.5 Å². The smallest absolute Gasteiger partial charge is 0.127 e. The first-order valence-corrected chi connectivity index (χ1v) is 8.13. The summed E-state index contributed by atoms with van der Waals surface area (Å²) in [6.07, 6.45) is 0.972. The second-order valence-corrected chi connectivity index (χ2v) is 6.55. The van der Waals surface area contributed by atoms with E-state index in [-0.39, 0.29) is 4.83 Å². The van der Waals surface area contributed by atoms with Gasteiger partial charge in [-0.3, -0.25) is 0 Å². The normalized spacial score (nSPS) is 14.6. The highest BCUT2D eigenvalue weighted by atomic mass is 79.9. The van der Waals surface area contributed by atoms with Crippen molar-refractivity contribution in [2.24, 2.45) is 0 Å². The number of benzene rings is 2. The molecule has 0 aromatic heterocycles. The van der Waals surface area contributed by atoms with Gasteiger partial charge < -0.3 is 9.47 Å². The molecule has 0 aliphatic carbocycles.